The summed E-state index contributed by atoms with van der Waals surface area (Å²) in [5.41, 5.74) is 1.09. The second-order valence-electron chi connectivity index (χ2n) is 6.87. The smallest absolute Gasteiger partial charge is 0.191 e. The van der Waals surface area contributed by atoms with Crippen molar-refractivity contribution in [3.05, 3.63) is 54.2 Å². The Morgan fingerprint density at radius 1 is 1.22 bits per heavy atom. The van der Waals surface area contributed by atoms with Crippen LogP contribution in [-0.2, 0) is 12.8 Å². The molecule has 2 aromatic rings. The minimum absolute atomic E-state index is 0.564. The van der Waals surface area contributed by atoms with E-state index < -0.39 is 0 Å². The SMILES string of the molecule is CCN1CCCC1CN=C(NCCc1ccccn1)NCCc1ccco1. The highest BCUT2D eigenvalue weighted by Gasteiger charge is 2.22. The summed E-state index contributed by atoms with van der Waals surface area (Å²) >= 11 is 0. The molecule has 0 aliphatic carbocycles. The molecule has 3 heterocycles. The summed E-state index contributed by atoms with van der Waals surface area (Å²) in [7, 11) is 0. The summed E-state index contributed by atoms with van der Waals surface area (Å²) in [4.78, 5) is 11.8. The topological polar surface area (TPSA) is 65.7 Å². The Hall–Kier alpha value is -2.34. The Kier molecular flexibility index (Phi) is 7.71. The Bertz CT molecular complexity index is 671. The highest BCUT2D eigenvalue weighted by Crippen LogP contribution is 2.16. The van der Waals surface area contributed by atoms with Gasteiger partial charge in [-0.2, -0.15) is 0 Å². The summed E-state index contributed by atoms with van der Waals surface area (Å²) in [5.74, 6) is 1.86. The Morgan fingerprint density at radius 2 is 2.11 bits per heavy atom. The number of nitrogens with one attached hydrogen (secondary N) is 2. The number of rotatable bonds is 9. The van der Waals surface area contributed by atoms with E-state index in [9.17, 15) is 0 Å². The zero-order valence-corrected chi connectivity index (χ0v) is 16.2. The van der Waals surface area contributed by atoms with Crippen molar-refractivity contribution < 1.29 is 4.42 Å². The van der Waals surface area contributed by atoms with Gasteiger partial charge in [-0.05, 0) is 50.2 Å². The van der Waals surface area contributed by atoms with Crippen molar-refractivity contribution in [2.24, 2.45) is 4.99 Å². The molecule has 6 heteroatoms. The van der Waals surface area contributed by atoms with E-state index in [-0.39, 0.29) is 0 Å². The number of aromatic nitrogens is 1. The third-order valence-corrected chi connectivity index (χ3v) is 5.01. The molecule has 1 atom stereocenters. The first kappa shape index (κ1) is 19.4. The number of furan rings is 1. The molecule has 1 unspecified atom stereocenters. The summed E-state index contributed by atoms with van der Waals surface area (Å²) in [6.07, 6.45) is 7.80. The molecule has 0 spiro atoms. The molecule has 146 valence electrons. The minimum Gasteiger partial charge on any atom is -0.469 e. The average molecular weight is 370 g/mol. The lowest BCUT2D eigenvalue weighted by Crippen LogP contribution is -2.41. The first-order valence-electron chi connectivity index (χ1n) is 10.0. The van der Waals surface area contributed by atoms with Crippen LogP contribution in [0, 0.1) is 0 Å². The van der Waals surface area contributed by atoms with Crippen LogP contribution in [0.15, 0.2) is 52.2 Å². The van der Waals surface area contributed by atoms with Gasteiger partial charge >= 0.3 is 0 Å². The van der Waals surface area contributed by atoms with E-state index in [4.69, 9.17) is 9.41 Å². The van der Waals surface area contributed by atoms with Crippen LogP contribution in [-0.4, -0.2) is 54.6 Å². The van der Waals surface area contributed by atoms with Crippen LogP contribution < -0.4 is 10.6 Å². The molecule has 6 nitrogen and oxygen atoms in total. The molecule has 1 fully saturated rings. The quantitative estimate of drug-likeness (QED) is 0.525. The fourth-order valence-corrected chi connectivity index (χ4v) is 3.50. The number of likely N-dealkylation sites (tertiary alicyclic amines) is 1. The second kappa shape index (κ2) is 10.7. The Morgan fingerprint density at radius 3 is 2.85 bits per heavy atom. The lowest BCUT2D eigenvalue weighted by Gasteiger charge is -2.21. The maximum absolute atomic E-state index is 5.41. The maximum atomic E-state index is 5.41. The highest BCUT2D eigenvalue weighted by molar-refractivity contribution is 5.79. The molecule has 27 heavy (non-hydrogen) atoms. The number of likely N-dealkylation sites (N-methyl/N-ethyl adjacent to an activating group) is 1. The first-order chi connectivity index (χ1) is 13.3. The molecular weight excluding hydrogens is 338 g/mol. The van der Waals surface area contributed by atoms with Gasteiger partial charge in [0.15, 0.2) is 5.96 Å². The molecule has 2 aromatic heterocycles. The zero-order chi connectivity index (χ0) is 18.7. The van der Waals surface area contributed by atoms with Crippen molar-refractivity contribution >= 4 is 5.96 Å². The molecule has 2 N–H and O–H groups in total. The molecular formula is C21H31N5O. The van der Waals surface area contributed by atoms with Crippen LogP contribution in [0.3, 0.4) is 0 Å². The number of hydrogen-bond donors (Lipinski definition) is 2. The van der Waals surface area contributed by atoms with E-state index >= 15 is 0 Å². The fourth-order valence-electron chi connectivity index (χ4n) is 3.50. The molecule has 0 aromatic carbocycles. The van der Waals surface area contributed by atoms with E-state index in [1.165, 1.54) is 19.4 Å². The lowest BCUT2D eigenvalue weighted by atomic mass is 10.2. The van der Waals surface area contributed by atoms with Crippen molar-refractivity contribution in [3.63, 3.8) is 0 Å². The van der Waals surface area contributed by atoms with E-state index in [1.54, 1.807) is 6.26 Å². The summed E-state index contributed by atoms with van der Waals surface area (Å²) in [6, 6.07) is 10.5. The van der Waals surface area contributed by atoms with Crippen LogP contribution in [0.1, 0.15) is 31.2 Å². The number of aliphatic imine (C=N–C) groups is 1. The maximum Gasteiger partial charge on any atom is 0.191 e. The predicted molar refractivity (Wildman–Crippen MR) is 109 cm³/mol. The average Bonchev–Trinajstić information content (AvgIpc) is 3.38. The largest absolute Gasteiger partial charge is 0.469 e. The molecule has 1 saturated heterocycles. The van der Waals surface area contributed by atoms with Gasteiger partial charge in [-0.1, -0.05) is 13.0 Å². The Labute approximate surface area is 162 Å². The van der Waals surface area contributed by atoms with Gasteiger partial charge in [-0.15, -0.1) is 0 Å². The molecule has 0 radical (unpaired) electrons. The molecule has 0 amide bonds. The van der Waals surface area contributed by atoms with Gasteiger partial charge in [-0.3, -0.25) is 14.9 Å². The molecule has 3 rings (SSSR count). The van der Waals surface area contributed by atoms with Gasteiger partial charge in [0.05, 0.1) is 12.8 Å². The first-order valence-corrected chi connectivity index (χ1v) is 10.0. The number of nitrogens with zero attached hydrogens (tertiary/aromatic N) is 3. The summed E-state index contributed by atoms with van der Waals surface area (Å²) in [5, 5.41) is 6.90. The third-order valence-electron chi connectivity index (χ3n) is 5.01. The van der Waals surface area contributed by atoms with Crippen molar-refractivity contribution in [2.45, 2.75) is 38.6 Å². The number of guanidine groups is 1. The Balaban J connectivity index is 1.51. The van der Waals surface area contributed by atoms with E-state index in [1.807, 2.05) is 30.5 Å². The van der Waals surface area contributed by atoms with Crippen LogP contribution >= 0.6 is 0 Å². The summed E-state index contributed by atoms with van der Waals surface area (Å²) in [6.45, 7) is 6.99. The van der Waals surface area contributed by atoms with Crippen molar-refractivity contribution in [3.8, 4) is 0 Å². The fraction of sp³-hybridized carbons (Fsp3) is 0.524. The van der Waals surface area contributed by atoms with Gasteiger partial charge in [0, 0.05) is 43.9 Å². The third kappa shape index (κ3) is 6.40. The standard InChI is InChI=1S/C21H31N5O/c1-2-26-15-5-8-19(26)17-25-21(24-14-11-20-9-6-16-27-20)23-13-10-18-7-3-4-12-22-18/h3-4,6-7,9,12,16,19H,2,5,8,10-11,13-15,17H2,1H3,(H2,23,24,25). The second-order valence-corrected chi connectivity index (χ2v) is 6.87. The minimum atomic E-state index is 0.564. The van der Waals surface area contributed by atoms with Crippen LogP contribution in [0.2, 0.25) is 0 Å². The number of hydrogen-bond acceptors (Lipinski definition) is 4. The highest BCUT2D eigenvalue weighted by atomic mass is 16.3. The molecule has 1 aliphatic heterocycles. The van der Waals surface area contributed by atoms with Crippen LogP contribution in [0.25, 0.3) is 0 Å². The lowest BCUT2D eigenvalue weighted by molar-refractivity contribution is 0.273. The zero-order valence-electron chi connectivity index (χ0n) is 16.2. The van der Waals surface area contributed by atoms with E-state index in [2.05, 4.69) is 33.5 Å². The van der Waals surface area contributed by atoms with Crippen LogP contribution in [0.4, 0.5) is 0 Å². The van der Waals surface area contributed by atoms with Gasteiger partial charge < -0.3 is 15.1 Å². The van der Waals surface area contributed by atoms with Gasteiger partial charge in [0.2, 0.25) is 0 Å². The predicted octanol–water partition coefficient (Wildman–Crippen LogP) is 2.48. The van der Waals surface area contributed by atoms with Crippen molar-refractivity contribution in [2.75, 3.05) is 32.7 Å². The normalized spacial score (nSPS) is 18.0. The van der Waals surface area contributed by atoms with Gasteiger partial charge in [-0.25, -0.2) is 0 Å². The van der Waals surface area contributed by atoms with E-state index in [0.717, 1.165) is 56.4 Å². The molecule has 0 saturated carbocycles. The van der Waals surface area contributed by atoms with Crippen molar-refractivity contribution in [1.29, 1.82) is 0 Å². The van der Waals surface area contributed by atoms with Crippen LogP contribution in [0.5, 0.6) is 0 Å². The van der Waals surface area contributed by atoms with E-state index in [0.29, 0.717) is 6.04 Å². The monoisotopic (exact) mass is 369 g/mol. The van der Waals surface area contributed by atoms with Gasteiger partial charge in [0.25, 0.3) is 0 Å². The summed E-state index contributed by atoms with van der Waals surface area (Å²) < 4.78 is 5.41. The van der Waals surface area contributed by atoms with Gasteiger partial charge in [0.1, 0.15) is 5.76 Å². The molecule has 0 bridgehead atoms. The number of pyridine rings is 1. The molecule has 1 aliphatic rings. The van der Waals surface area contributed by atoms with Crippen molar-refractivity contribution in [1.82, 2.24) is 20.5 Å².